The van der Waals surface area contributed by atoms with Gasteiger partial charge in [-0.25, -0.2) is 13.4 Å². The topological polar surface area (TPSA) is 79.4 Å². The average molecular weight is 504 g/mol. The van der Waals surface area contributed by atoms with Gasteiger partial charge in [-0.1, -0.05) is 42.0 Å². The number of fused-ring (bicyclic) bond motifs is 1. The van der Waals surface area contributed by atoms with Crippen molar-refractivity contribution in [3.8, 4) is 11.3 Å². The number of anilines is 2. The molecule has 0 fully saturated rings. The van der Waals surface area contributed by atoms with Gasteiger partial charge in [-0.15, -0.1) is 11.3 Å². The Morgan fingerprint density at radius 1 is 1.00 bits per heavy atom. The molecule has 0 bridgehead atoms. The van der Waals surface area contributed by atoms with E-state index in [0.29, 0.717) is 23.8 Å². The third-order valence-electron chi connectivity index (χ3n) is 6.19. The molecule has 1 aliphatic heterocycles. The highest BCUT2D eigenvalue weighted by Crippen LogP contribution is 2.33. The van der Waals surface area contributed by atoms with Gasteiger partial charge in [0.25, 0.3) is 15.9 Å². The van der Waals surface area contributed by atoms with Crippen LogP contribution in [0.5, 0.6) is 0 Å². The number of para-hydroxylation sites is 1. The molecular weight excluding hydrogens is 478 g/mol. The molecule has 35 heavy (non-hydrogen) atoms. The Labute approximate surface area is 209 Å². The monoisotopic (exact) mass is 503 g/mol. The first-order chi connectivity index (χ1) is 16.7. The summed E-state index contributed by atoms with van der Waals surface area (Å²) in [4.78, 5) is 17.7. The lowest BCUT2D eigenvalue weighted by Crippen LogP contribution is -2.29. The first-order valence-electron chi connectivity index (χ1n) is 11.3. The number of nitrogens with zero attached hydrogens (tertiary/aromatic N) is 2. The molecule has 4 aromatic rings. The fourth-order valence-corrected chi connectivity index (χ4v) is 6.93. The van der Waals surface area contributed by atoms with E-state index in [2.05, 4.69) is 43.2 Å². The zero-order valence-electron chi connectivity index (χ0n) is 19.7. The van der Waals surface area contributed by atoms with Crippen molar-refractivity contribution in [3.05, 3.63) is 93.9 Å². The lowest BCUT2D eigenvalue weighted by molar-refractivity contribution is 0.102. The average Bonchev–Trinajstić information content (AvgIpc) is 3.46. The molecule has 0 radical (unpaired) electrons. The molecule has 0 spiro atoms. The molecule has 1 aromatic heterocycles. The number of thiazole rings is 1. The van der Waals surface area contributed by atoms with E-state index < -0.39 is 15.9 Å². The minimum Gasteiger partial charge on any atom is -0.298 e. The fourth-order valence-electron chi connectivity index (χ4n) is 4.68. The van der Waals surface area contributed by atoms with Crippen LogP contribution in [0, 0.1) is 20.8 Å². The Kier molecular flexibility index (Phi) is 5.94. The number of benzene rings is 3. The van der Waals surface area contributed by atoms with Crippen LogP contribution < -0.4 is 9.62 Å². The van der Waals surface area contributed by atoms with Gasteiger partial charge in [0.1, 0.15) is 0 Å². The highest BCUT2D eigenvalue weighted by atomic mass is 32.2. The van der Waals surface area contributed by atoms with E-state index in [1.165, 1.54) is 33.3 Å². The molecule has 0 saturated heterocycles. The van der Waals surface area contributed by atoms with Crippen molar-refractivity contribution < 1.29 is 13.2 Å². The molecule has 1 amide bonds. The highest BCUT2D eigenvalue weighted by Gasteiger charge is 2.31. The molecule has 5 rings (SSSR count). The van der Waals surface area contributed by atoms with Gasteiger partial charge >= 0.3 is 0 Å². The molecule has 0 saturated carbocycles. The molecule has 8 heteroatoms. The minimum atomic E-state index is -3.79. The fraction of sp³-hybridized carbons (Fsp3) is 0.185. The Hall–Kier alpha value is -3.49. The van der Waals surface area contributed by atoms with Gasteiger partial charge in [-0.05, 0) is 68.1 Å². The molecule has 178 valence electrons. The van der Waals surface area contributed by atoms with Crippen molar-refractivity contribution >= 4 is 38.1 Å². The molecular formula is C27H25N3O3S2. The maximum Gasteiger partial charge on any atom is 0.264 e. The summed E-state index contributed by atoms with van der Waals surface area (Å²) >= 11 is 1.34. The SMILES string of the molecule is Cc1cc(C)c(-c2csc(NC(=O)c3cccc(S(=O)(=O)N4CCc5ccccc54)c3)n2)c(C)c1. The molecule has 1 aliphatic rings. The number of carbonyl (C=O) groups excluding carboxylic acids is 1. The van der Waals surface area contributed by atoms with Gasteiger partial charge in [-0.2, -0.15) is 0 Å². The van der Waals surface area contributed by atoms with Gasteiger partial charge in [0.15, 0.2) is 5.13 Å². The Balaban J connectivity index is 1.38. The van der Waals surface area contributed by atoms with Crippen LogP contribution in [0.4, 0.5) is 10.8 Å². The second kappa shape index (κ2) is 8.94. The van der Waals surface area contributed by atoms with Crippen LogP contribution in [0.3, 0.4) is 0 Å². The van der Waals surface area contributed by atoms with E-state index in [-0.39, 0.29) is 10.5 Å². The predicted octanol–water partition coefficient (Wildman–Crippen LogP) is 5.74. The van der Waals surface area contributed by atoms with E-state index >= 15 is 0 Å². The second-order valence-electron chi connectivity index (χ2n) is 8.75. The van der Waals surface area contributed by atoms with E-state index in [9.17, 15) is 13.2 Å². The summed E-state index contributed by atoms with van der Waals surface area (Å²) in [6, 6.07) is 17.9. The Morgan fingerprint density at radius 2 is 1.74 bits per heavy atom. The number of rotatable bonds is 5. The van der Waals surface area contributed by atoms with Crippen molar-refractivity contribution in [3.63, 3.8) is 0 Å². The van der Waals surface area contributed by atoms with Crippen LogP contribution in [-0.4, -0.2) is 25.9 Å². The predicted molar refractivity (Wildman–Crippen MR) is 141 cm³/mol. The zero-order chi connectivity index (χ0) is 24.7. The lowest BCUT2D eigenvalue weighted by atomic mass is 9.98. The summed E-state index contributed by atoms with van der Waals surface area (Å²) in [6.07, 6.45) is 0.669. The van der Waals surface area contributed by atoms with Gasteiger partial charge < -0.3 is 0 Å². The summed E-state index contributed by atoms with van der Waals surface area (Å²) in [5.74, 6) is -0.401. The molecule has 0 unspecified atom stereocenters. The molecule has 0 atom stereocenters. The van der Waals surface area contributed by atoms with Crippen LogP contribution in [0.1, 0.15) is 32.6 Å². The van der Waals surface area contributed by atoms with Gasteiger partial charge in [0.2, 0.25) is 0 Å². The van der Waals surface area contributed by atoms with Crippen molar-refractivity contribution in [1.29, 1.82) is 0 Å². The van der Waals surface area contributed by atoms with Gasteiger partial charge in [0.05, 0.1) is 16.3 Å². The smallest absolute Gasteiger partial charge is 0.264 e. The van der Waals surface area contributed by atoms with E-state index in [4.69, 9.17) is 0 Å². The third kappa shape index (κ3) is 4.35. The molecule has 1 N–H and O–H groups in total. The number of amides is 1. The molecule has 0 aliphatic carbocycles. The number of aromatic nitrogens is 1. The summed E-state index contributed by atoms with van der Waals surface area (Å²) in [7, 11) is -3.79. The lowest BCUT2D eigenvalue weighted by Gasteiger charge is -2.19. The first kappa shape index (κ1) is 23.3. The molecule has 2 heterocycles. The summed E-state index contributed by atoms with van der Waals surface area (Å²) in [6.45, 7) is 6.56. The maximum atomic E-state index is 13.4. The highest BCUT2D eigenvalue weighted by molar-refractivity contribution is 7.92. The number of hydrogen-bond acceptors (Lipinski definition) is 5. The zero-order valence-corrected chi connectivity index (χ0v) is 21.3. The van der Waals surface area contributed by atoms with Crippen molar-refractivity contribution in [2.24, 2.45) is 0 Å². The minimum absolute atomic E-state index is 0.0904. The van der Waals surface area contributed by atoms with Crippen molar-refractivity contribution in [1.82, 2.24) is 4.98 Å². The van der Waals surface area contributed by atoms with E-state index in [1.807, 2.05) is 29.6 Å². The molecule has 6 nitrogen and oxygen atoms in total. The van der Waals surface area contributed by atoms with Crippen molar-refractivity contribution in [2.75, 3.05) is 16.2 Å². The summed E-state index contributed by atoms with van der Waals surface area (Å²) in [5.41, 5.74) is 7.29. The first-order valence-corrected chi connectivity index (χ1v) is 13.6. The Bertz CT molecular complexity index is 1530. The standard InChI is InChI=1S/C27H25N3O3S2/c1-17-13-18(2)25(19(3)14-17)23-16-34-27(28-23)29-26(31)21-8-6-9-22(15-21)35(32,33)30-12-11-20-7-4-5-10-24(20)30/h4-10,13-16H,11-12H2,1-3H3,(H,28,29,31). The number of carbonyl (C=O) groups is 1. The van der Waals surface area contributed by atoms with Gasteiger partial charge in [-0.3, -0.25) is 14.4 Å². The van der Waals surface area contributed by atoms with E-state index in [1.54, 1.807) is 12.1 Å². The normalized spacial score (nSPS) is 13.1. The second-order valence-corrected chi connectivity index (χ2v) is 11.5. The quantitative estimate of drug-likeness (QED) is 0.377. The third-order valence-corrected chi connectivity index (χ3v) is 8.75. The Morgan fingerprint density at radius 3 is 2.51 bits per heavy atom. The number of hydrogen-bond donors (Lipinski definition) is 1. The molecule has 3 aromatic carbocycles. The van der Waals surface area contributed by atoms with Crippen LogP contribution in [0.25, 0.3) is 11.3 Å². The van der Waals surface area contributed by atoms with Crippen LogP contribution in [0.2, 0.25) is 0 Å². The summed E-state index contributed by atoms with van der Waals surface area (Å²) in [5, 5.41) is 5.21. The van der Waals surface area contributed by atoms with Gasteiger partial charge in [0, 0.05) is 23.1 Å². The maximum absolute atomic E-state index is 13.4. The van der Waals surface area contributed by atoms with Crippen LogP contribution in [-0.2, 0) is 16.4 Å². The van der Waals surface area contributed by atoms with E-state index in [0.717, 1.165) is 27.9 Å². The van der Waals surface area contributed by atoms with Crippen molar-refractivity contribution in [2.45, 2.75) is 32.1 Å². The van der Waals surface area contributed by atoms with Crippen LogP contribution >= 0.6 is 11.3 Å². The number of aryl methyl sites for hydroxylation is 3. The van der Waals surface area contributed by atoms with Crippen LogP contribution in [0.15, 0.2) is 70.9 Å². The summed E-state index contributed by atoms with van der Waals surface area (Å²) < 4.78 is 28.1. The number of nitrogens with one attached hydrogen (secondary N) is 1. The largest absolute Gasteiger partial charge is 0.298 e. The number of sulfonamides is 1.